The van der Waals surface area contributed by atoms with E-state index in [1.165, 1.54) is 12.1 Å². The van der Waals surface area contributed by atoms with E-state index in [0.29, 0.717) is 17.4 Å². The molecule has 0 fully saturated rings. The number of halogens is 4. The van der Waals surface area contributed by atoms with Crippen molar-refractivity contribution >= 4 is 15.9 Å². The molecule has 2 nitrogen and oxygen atoms in total. The summed E-state index contributed by atoms with van der Waals surface area (Å²) in [5, 5.41) is 0. The molecular weight excluding hydrogens is 287 g/mol. The second-order valence-corrected chi connectivity index (χ2v) is 4.04. The van der Waals surface area contributed by atoms with Crippen molar-refractivity contribution < 1.29 is 17.9 Å². The van der Waals surface area contributed by atoms with Gasteiger partial charge in [-0.1, -0.05) is 15.9 Å². The lowest BCUT2D eigenvalue weighted by molar-refractivity contribution is -0.138. The summed E-state index contributed by atoms with van der Waals surface area (Å²) in [5.41, 5.74) is 4.46. The summed E-state index contributed by atoms with van der Waals surface area (Å²) in [7, 11) is 0. The number of ether oxygens (including phenoxy) is 1. The largest absolute Gasteiger partial charge is 0.493 e. The van der Waals surface area contributed by atoms with Gasteiger partial charge in [-0.3, -0.25) is 0 Å². The van der Waals surface area contributed by atoms with E-state index in [2.05, 4.69) is 15.9 Å². The lowest BCUT2D eigenvalue weighted by atomic mass is 10.2. The SMILES string of the molecule is NCCCOc1cc(Br)ccc1C(F)(F)F. The molecule has 0 aromatic heterocycles. The van der Waals surface area contributed by atoms with Crippen LogP contribution in [0.3, 0.4) is 0 Å². The van der Waals surface area contributed by atoms with Crippen LogP contribution in [0.1, 0.15) is 12.0 Å². The minimum atomic E-state index is -4.40. The van der Waals surface area contributed by atoms with Crippen molar-refractivity contribution in [1.29, 1.82) is 0 Å². The Kier molecular flexibility index (Phi) is 4.61. The van der Waals surface area contributed by atoms with Crippen LogP contribution in [-0.4, -0.2) is 13.2 Å². The molecule has 0 radical (unpaired) electrons. The Morgan fingerprint density at radius 2 is 2.00 bits per heavy atom. The molecule has 0 saturated heterocycles. The minimum Gasteiger partial charge on any atom is -0.493 e. The second-order valence-electron chi connectivity index (χ2n) is 3.13. The molecule has 0 atom stereocenters. The maximum absolute atomic E-state index is 12.6. The Hall–Kier alpha value is -0.750. The summed E-state index contributed by atoms with van der Waals surface area (Å²) in [6, 6.07) is 3.62. The Labute approximate surface area is 99.7 Å². The fraction of sp³-hybridized carbons (Fsp3) is 0.400. The first kappa shape index (κ1) is 13.3. The molecule has 16 heavy (non-hydrogen) atoms. The zero-order chi connectivity index (χ0) is 12.2. The number of rotatable bonds is 4. The van der Waals surface area contributed by atoms with E-state index in [0.717, 1.165) is 6.07 Å². The van der Waals surface area contributed by atoms with Gasteiger partial charge >= 0.3 is 6.18 Å². The van der Waals surface area contributed by atoms with Gasteiger partial charge in [-0.25, -0.2) is 0 Å². The number of alkyl halides is 3. The van der Waals surface area contributed by atoms with E-state index in [1.54, 1.807) is 0 Å². The zero-order valence-corrected chi connectivity index (χ0v) is 9.94. The fourth-order valence-electron chi connectivity index (χ4n) is 1.12. The molecule has 0 aliphatic carbocycles. The van der Waals surface area contributed by atoms with Crippen molar-refractivity contribution in [2.75, 3.05) is 13.2 Å². The van der Waals surface area contributed by atoms with Gasteiger partial charge in [-0.2, -0.15) is 13.2 Å². The maximum atomic E-state index is 12.6. The lowest BCUT2D eigenvalue weighted by Crippen LogP contribution is -2.11. The second kappa shape index (κ2) is 5.54. The van der Waals surface area contributed by atoms with Gasteiger partial charge in [-0.15, -0.1) is 0 Å². The van der Waals surface area contributed by atoms with Crippen LogP contribution in [0.5, 0.6) is 5.75 Å². The first-order chi connectivity index (χ1) is 7.45. The van der Waals surface area contributed by atoms with E-state index in [1.807, 2.05) is 0 Å². The Morgan fingerprint density at radius 1 is 1.31 bits per heavy atom. The predicted octanol–water partition coefficient (Wildman–Crippen LogP) is 3.20. The smallest absolute Gasteiger partial charge is 0.419 e. The van der Waals surface area contributed by atoms with E-state index in [-0.39, 0.29) is 12.4 Å². The molecular formula is C10H11BrF3NO. The lowest BCUT2D eigenvalue weighted by Gasteiger charge is -2.13. The highest BCUT2D eigenvalue weighted by Gasteiger charge is 2.34. The van der Waals surface area contributed by atoms with Crippen LogP contribution in [0.25, 0.3) is 0 Å². The highest BCUT2D eigenvalue weighted by atomic mass is 79.9. The summed E-state index contributed by atoms with van der Waals surface area (Å²) in [6.07, 6.45) is -3.89. The maximum Gasteiger partial charge on any atom is 0.419 e. The standard InChI is InChI=1S/C10H11BrF3NO/c11-7-2-3-8(10(12,13)14)9(6-7)16-5-1-4-15/h2-3,6H,1,4-5,15H2. The predicted molar refractivity (Wildman–Crippen MR) is 58.3 cm³/mol. The first-order valence-corrected chi connectivity index (χ1v) is 5.44. The van der Waals surface area contributed by atoms with E-state index in [9.17, 15) is 13.2 Å². The molecule has 0 amide bonds. The van der Waals surface area contributed by atoms with Crippen LogP contribution < -0.4 is 10.5 Å². The topological polar surface area (TPSA) is 35.2 Å². The molecule has 90 valence electrons. The summed E-state index contributed by atoms with van der Waals surface area (Å²) < 4.78 is 43.3. The van der Waals surface area contributed by atoms with Crippen LogP contribution >= 0.6 is 15.9 Å². The van der Waals surface area contributed by atoms with Gasteiger partial charge in [0.2, 0.25) is 0 Å². The molecule has 0 unspecified atom stereocenters. The molecule has 0 spiro atoms. The van der Waals surface area contributed by atoms with Gasteiger partial charge in [0.15, 0.2) is 0 Å². The summed E-state index contributed by atoms with van der Waals surface area (Å²) in [4.78, 5) is 0. The zero-order valence-electron chi connectivity index (χ0n) is 8.35. The van der Waals surface area contributed by atoms with E-state index in [4.69, 9.17) is 10.5 Å². The Morgan fingerprint density at radius 3 is 2.56 bits per heavy atom. The molecule has 0 aliphatic rings. The van der Waals surface area contributed by atoms with Crippen LogP contribution in [0.4, 0.5) is 13.2 Å². The number of hydrogen-bond donors (Lipinski definition) is 1. The molecule has 0 aliphatic heterocycles. The molecule has 1 rings (SSSR count). The minimum absolute atomic E-state index is 0.171. The van der Waals surface area contributed by atoms with Crippen molar-refractivity contribution in [3.8, 4) is 5.75 Å². The third kappa shape index (κ3) is 3.68. The number of nitrogens with two attached hydrogens (primary N) is 1. The fourth-order valence-corrected chi connectivity index (χ4v) is 1.46. The van der Waals surface area contributed by atoms with Crippen molar-refractivity contribution in [2.24, 2.45) is 5.73 Å². The number of hydrogen-bond acceptors (Lipinski definition) is 2. The molecule has 1 aromatic carbocycles. The molecule has 0 heterocycles. The summed E-state index contributed by atoms with van der Waals surface area (Å²) >= 11 is 3.10. The van der Waals surface area contributed by atoms with Gasteiger partial charge in [0.05, 0.1) is 12.2 Å². The first-order valence-electron chi connectivity index (χ1n) is 4.65. The van der Waals surface area contributed by atoms with Gasteiger partial charge in [0.1, 0.15) is 5.75 Å². The van der Waals surface area contributed by atoms with E-state index < -0.39 is 11.7 Å². The van der Waals surface area contributed by atoms with Crippen LogP contribution in [-0.2, 0) is 6.18 Å². The van der Waals surface area contributed by atoms with Crippen molar-refractivity contribution in [1.82, 2.24) is 0 Å². The average Bonchev–Trinajstić information content (AvgIpc) is 2.16. The van der Waals surface area contributed by atoms with Crippen LogP contribution in [0.2, 0.25) is 0 Å². The average molecular weight is 298 g/mol. The number of benzene rings is 1. The monoisotopic (exact) mass is 297 g/mol. The highest BCUT2D eigenvalue weighted by Crippen LogP contribution is 2.37. The Balaban J connectivity index is 2.90. The molecule has 0 bridgehead atoms. The summed E-state index contributed by atoms with van der Waals surface area (Å²) in [5.74, 6) is -0.171. The molecule has 6 heteroatoms. The Bertz CT molecular complexity index is 354. The van der Waals surface area contributed by atoms with E-state index >= 15 is 0 Å². The normalized spacial score (nSPS) is 11.6. The van der Waals surface area contributed by atoms with Crippen molar-refractivity contribution in [2.45, 2.75) is 12.6 Å². The third-order valence-corrected chi connectivity index (χ3v) is 2.35. The molecule has 0 saturated carbocycles. The van der Waals surface area contributed by atoms with Gasteiger partial charge in [0, 0.05) is 4.47 Å². The third-order valence-electron chi connectivity index (χ3n) is 1.86. The van der Waals surface area contributed by atoms with Crippen molar-refractivity contribution in [3.05, 3.63) is 28.2 Å². The van der Waals surface area contributed by atoms with Crippen molar-refractivity contribution in [3.63, 3.8) is 0 Å². The van der Waals surface area contributed by atoms with Gasteiger partial charge in [0.25, 0.3) is 0 Å². The molecule has 2 N–H and O–H groups in total. The molecule has 1 aromatic rings. The van der Waals surface area contributed by atoms with Crippen LogP contribution in [0.15, 0.2) is 22.7 Å². The quantitative estimate of drug-likeness (QED) is 0.866. The summed E-state index contributed by atoms with van der Waals surface area (Å²) in [6.45, 7) is 0.561. The highest BCUT2D eigenvalue weighted by molar-refractivity contribution is 9.10. The van der Waals surface area contributed by atoms with Crippen LogP contribution in [0, 0.1) is 0 Å². The van der Waals surface area contributed by atoms with Gasteiger partial charge in [-0.05, 0) is 31.2 Å². The van der Waals surface area contributed by atoms with Gasteiger partial charge < -0.3 is 10.5 Å².